The van der Waals surface area contributed by atoms with Crippen molar-refractivity contribution in [2.75, 3.05) is 6.54 Å². The molecule has 0 radical (unpaired) electrons. The van der Waals surface area contributed by atoms with E-state index in [1.165, 1.54) is 0 Å². The van der Waals surface area contributed by atoms with Crippen LogP contribution in [0.4, 0.5) is 0 Å². The first kappa shape index (κ1) is 13.2. The lowest BCUT2D eigenvalue weighted by molar-refractivity contribution is -0.123. The number of carbonyl (C=O) groups is 1. The van der Waals surface area contributed by atoms with Crippen molar-refractivity contribution in [1.82, 2.24) is 10.6 Å². The van der Waals surface area contributed by atoms with E-state index in [-0.39, 0.29) is 5.91 Å². The van der Waals surface area contributed by atoms with Crippen LogP contribution in [-0.4, -0.2) is 18.4 Å². The van der Waals surface area contributed by atoms with Crippen LogP contribution in [0.15, 0.2) is 23.2 Å². The van der Waals surface area contributed by atoms with Crippen molar-refractivity contribution >= 4 is 35.1 Å². The standard InChI is InChI=1S/C12H13Cl2N3O/c1-3-15-11-16-10(18)12(2,17-11)7-4-5-8(13)9(14)6-7/h4-6H,3H2,1-2H3,(H2,15,16,17,18). The first-order chi connectivity index (χ1) is 8.47. The molecule has 0 spiro atoms. The molecule has 1 atom stereocenters. The van der Waals surface area contributed by atoms with Crippen molar-refractivity contribution < 1.29 is 4.79 Å². The SMILES string of the molecule is CCN=C1NC(=O)C(C)(c2ccc(Cl)c(Cl)c2)N1. The number of nitrogens with one attached hydrogen (secondary N) is 2. The third-order valence-corrected chi connectivity index (χ3v) is 3.61. The Balaban J connectivity index is 2.39. The van der Waals surface area contributed by atoms with Crippen molar-refractivity contribution in [2.24, 2.45) is 4.99 Å². The van der Waals surface area contributed by atoms with Gasteiger partial charge in [0.15, 0.2) is 5.96 Å². The van der Waals surface area contributed by atoms with Crippen molar-refractivity contribution in [3.8, 4) is 0 Å². The molecule has 0 aromatic heterocycles. The summed E-state index contributed by atoms with van der Waals surface area (Å²) >= 11 is 11.8. The second-order valence-electron chi connectivity index (χ2n) is 4.16. The number of amides is 1. The second kappa shape index (κ2) is 4.78. The van der Waals surface area contributed by atoms with Gasteiger partial charge in [-0.15, -0.1) is 0 Å². The van der Waals surface area contributed by atoms with Gasteiger partial charge in [-0.2, -0.15) is 0 Å². The molecular formula is C12H13Cl2N3O. The minimum Gasteiger partial charge on any atom is -0.338 e. The molecular weight excluding hydrogens is 273 g/mol. The molecule has 1 heterocycles. The largest absolute Gasteiger partial charge is 0.338 e. The first-order valence-corrected chi connectivity index (χ1v) is 6.32. The molecule has 1 fully saturated rings. The maximum Gasteiger partial charge on any atom is 0.256 e. The highest BCUT2D eigenvalue weighted by Crippen LogP contribution is 2.30. The van der Waals surface area contributed by atoms with Gasteiger partial charge in [0.25, 0.3) is 5.91 Å². The van der Waals surface area contributed by atoms with Crippen molar-refractivity contribution in [2.45, 2.75) is 19.4 Å². The Morgan fingerprint density at radius 1 is 1.33 bits per heavy atom. The number of carbonyl (C=O) groups excluding carboxylic acids is 1. The number of guanidine groups is 1. The molecule has 1 aromatic carbocycles. The molecule has 96 valence electrons. The number of benzene rings is 1. The molecule has 1 saturated heterocycles. The minimum absolute atomic E-state index is 0.159. The topological polar surface area (TPSA) is 53.5 Å². The smallest absolute Gasteiger partial charge is 0.256 e. The zero-order valence-electron chi connectivity index (χ0n) is 10.1. The van der Waals surface area contributed by atoms with Gasteiger partial charge in [-0.05, 0) is 31.5 Å². The molecule has 2 rings (SSSR count). The number of nitrogens with zero attached hydrogens (tertiary/aromatic N) is 1. The average molecular weight is 286 g/mol. The molecule has 2 N–H and O–H groups in total. The van der Waals surface area contributed by atoms with Gasteiger partial charge in [-0.3, -0.25) is 15.1 Å². The highest BCUT2D eigenvalue weighted by atomic mass is 35.5. The summed E-state index contributed by atoms with van der Waals surface area (Å²) in [6, 6.07) is 5.13. The molecule has 0 aliphatic carbocycles. The predicted molar refractivity (Wildman–Crippen MR) is 73.1 cm³/mol. The fourth-order valence-electron chi connectivity index (χ4n) is 1.80. The van der Waals surface area contributed by atoms with Gasteiger partial charge in [-0.25, -0.2) is 0 Å². The van der Waals surface area contributed by atoms with Crippen LogP contribution in [0.1, 0.15) is 19.4 Å². The summed E-state index contributed by atoms with van der Waals surface area (Å²) < 4.78 is 0. The van der Waals surface area contributed by atoms with Crippen LogP contribution in [0, 0.1) is 0 Å². The molecule has 0 bridgehead atoms. The first-order valence-electron chi connectivity index (χ1n) is 5.57. The van der Waals surface area contributed by atoms with E-state index in [2.05, 4.69) is 15.6 Å². The van der Waals surface area contributed by atoms with Crippen molar-refractivity contribution in [1.29, 1.82) is 0 Å². The maximum absolute atomic E-state index is 12.0. The van der Waals surface area contributed by atoms with E-state index < -0.39 is 5.54 Å². The van der Waals surface area contributed by atoms with Crippen LogP contribution in [-0.2, 0) is 10.3 Å². The Hall–Kier alpha value is -1.26. The van der Waals surface area contributed by atoms with Crippen LogP contribution in [0.2, 0.25) is 10.0 Å². The fourth-order valence-corrected chi connectivity index (χ4v) is 2.10. The summed E-state index contributed by atoms with van der Waals surface area (Å²) in [7, 11) is 0. The normalized spacial score (nSPS) is 25.1. The number of hydrogen-bond donors (Lipinski definition) is 2. The molecule has 1 aliphatic rings. The summed E-state index contributed by atoms with van der Waals surface area (Å²) in [6.45, 7) is 4.27. The van der Waals surface area contributed by atoms with E-state index in [4.69, 9.17) is 23.2 Å². The van der Waals surface area contributed by atoms with E-state index >= 15 is 0 Å². The van der Waals surface area contributed by atoms with Gasteiger partial charge in [0.1, 0.15) is 5.54 Å². The van der Waals surface area contributed by atoms with Crippen molar-refractivity contribution in [3.05, 3.63) is 33.8 Å². The zero-order chi connectivity index (χ0) is 13.3. The van der Waals surface area contributed by atoms with Gasteiger partial charge in [-0.1, -0.05) is 29.3 Å². The van der Waals surface area contributed by atoms with Crippen molar-refractivity contribution in [3.63, 3.8) is 0 Å². The summed E-state index contributed by atoms with van der Waals surface area (Å²) in [5.41, 5.74) is -0.127. The van der Waals surface area contributed by atoms with Gasteiger partial charge in [0, 0.05) is 6.54 Å². The van der Waals surface area contributed by atoms with E-state index in [1.807, 2.05) is 6.92 Å². The number of hydrogen-bond acceptors (Lipinski definition) is 2. The molecule has 1 aliphatic heterocycles. The Morgan fingerprint density at radius 2 is 2.06 bits per heavy atom. The van der Waals surface area contributed by atoms with Gasteiger partial charge in [0.05, 0.1) is 10.0 Å². The van der Waals surface area contributed by atoms with E-state index in [0.717, 1.165) is 5.56 Å². The quantitative estimate of drug-likeness (QED) is 0.876. The second-order valence-corrected chi connectivity index (χ2v) is 4.97. The molecule has 1 amide bonds. The lowest BCUT2D eigenvalue weighted by Gasteiger charge is -2.22. The molecule has 18 heavy (non-hydrogen) atoms. The summed E-state index contributed by atoms with van der Waals surface area (Å²) in [5.74, 6) is 0.323. The van der Waals surface area contributed by atoms with E-state index in [9.17, 15) is 4.79 Å². The third kappa shape index (κ3) is 2.18. The Kier molecular flexibility index (Phi) is 3.50. The highest BCUT2D eigenvalue weighted by Gasteiger charge is 2.42. The predicted octanol–water partition coefficient (Wildman–Crippen LogP) is 2.30. The Labute approximate surface area is 115 Å². The fraction of sp³-hybridized carbons (Fsp3) is 0.333. The lowest BCUT2D eigenvalue weighted by Crippen LogP contribution is -2.40. The molecule has 6 heteroatoms. The number of halogens is 2. The van der Waals surface area contributed by atoms with Crippen LogP contribution in [0.3, 0.4) is 0 Å². The molecule has 1 aromatic rings. The monoisotopic (exact) mass is 285 g/mol. The number of aliphatic imine (C=N–C) groups is 1. The van der Waals surface area contributed by atoms with E-state index in [1.54, 1.807) is 25.1 Å². The van der Waals surface area contributed by atoms with Crippen LogP contribution in [0.25, 0.3) is 0 Å². The maximum atomic E-state index is 12.0. The van der Waals surface area contributed by atoms with Crippen LogP contribution >= 0.6 is 23.2 Å². The molecule has 1 unspecified atom stereocenters. The number of rotatable bonds is 2. The highest BCUT2D eigenvalue weighted by molar-refractivity contribution is 6.42. The molecule has 0 saturated carbocycles. The van der Waals surface area contributed by atoms with Gasteiger partial charge >= 0.3 is 0 Å². The summed E-state index contributed by atoms with van der Waals surface area (Å²) in [6.07, 6.45) is 0. The zero-order valence-corrected chi connectivity index (χ0v) is 11.6. The minimum atomic E-state index is -0.873. The van der Waals surface area contributed by atoms with Gasteiger partial charge < -0.3 is 5.32 Å². The Bertz CT molecular complexity index is 530. The van der Waals surface area contributed by atoms with E-state index in [0.29, 0.717) is 22.5 Å². The van der Waals surface area contributed by atoms with Crippen LogP contribution < -0.4 is 10.6 Å². The lowest BCUT2D eigenvalue weighted by atomic mass is 9.92. The average Bonchev–Trinajstić information content (AvgIpc) is 2.60. The summed E-state index contributed by atoms with van der Waals surface area (Å²) in [4.78, 5) is 16.2. The summed E-state index contributed by atoms with van der Waals surface area (Å²) in [5, 5.41) is 6.66. The van der Waals surface area contributed by atoms with Crippen LogP contribution in [0.5, 0.6) is 0 Å². The third-order valence-electron chi connectivity index (χ3n) is 2.87. The molecule has 4 nitrogen and oxygen atoms in total. The Morgan fingerprint density at radius 3 is 2.67 bits per heavy atom. The van der Waals surface area contributed by atoms with Gasteiger partial charge in [0.2, 0.25) is 0 Å².